The molecule has 1 N–H and O–H groups in total. The van der Waals surface area contributed by atoms with Gasteiger partial charge in [0.25, 0.3) is 0 Å². The summed E-state index contributed by atoms with van der Waals surface area (Å²) in [5.74, 6) is -2.22. The third kappa shape index (κ3) is 4.98. The van der Waals surface area contributed by atoms with E-state index in [0.29, 0.717) is 12.2 Å². The first kappa shape index (κ1) is 23.0. The number of anilines is 1. The van der Waals surface area contributed by atoms with Gasteiger partial charge in [-0.05, 0) is 45.9 Å². The van der Waals surface area contributed by atoms with Crippen LogP contribution in [-0.4, -0.2) is 32.2 Å². The number of nitrogens with one attached hydrogen (secondary N) is 1. The van der Waals surface area contributed by atoms with E-state index in [1.54, 1.807) is 0 Å². The van der Waals surface area contributed by atoms with E-state index in [9.17, 15) is 22.0 Å². The Labute approximate surface area is 181 Å². The van der Waals surface area contributed by atoms with E-state index in [-0.39, 0.29) is 5.69 Å². The number of aryl methyl sites for hydroxylation is 1. The Bertz CT molecular complexity index is 1120. The number of rotatable bonds is 5. The summed E-state index contributed by atoms with van der Waals surface area (Å²) in [4.78, 5) is 13.1. The van der Waals surface area contributed by atoms with E-state index >= 15 is 0 Å². The van der Waals surface area contributed by atoms with Gasteiger partial charge < -0.3 is 10.1 Å². The number of halogens is 2. The van der Waals surface area contributed by atoms with Gasteiger partial charge in [0.1, 0.15) is 17.4 Å². The standard InChI is InChI=1S/C22H26F2N2O4S/c1-13-6-9-20-16(10-13)19(12-22(3,4)30-20)25-21(27)14(2)26(31(5,28)29)15-7-8-17(23)18(24)11-15/h6-11,14,19H,12H2,1-5H3,(H,25,27)/t14-,19-/m0/s1. The molecule has 0 aromatic heterocycles. The van der Waals surface area contributed by atoms with E-state index in [0.717, 1.165) is 39.9 Å². The minimum Gasteiger partial charge on any atom is -0.487 e. The number of benzene rings is 2. The molecule has 6 nitrogen and oxygen atoms in total. The minimum atomic E-state index is -3.96. The molecule has 1 heterocycles. The molecule has 31 heavy (non-hydrogen) atoms. The van der Waals surface area contributed by atoms with Crippen LogP contribution in [0.25, 0.3) is 0 Å². The molecule has 3 rings (SSSR count). The predicted molar refractivity (Wildman–Crippen MR) is 115 cm³/mol. The van der Waals surface area contributed by atoms with Crippen molar-refractivity contribution < 1.29 is 26.7 Å². The van der Waals surface area contributed by atoms with Gasteiger partial charge in [-0.3, -0.25) is 9.10 Å². The summed E-state index contributed by atoms with van der Waals surface area (Å²) in [5, 5.41) is 2.91. The Morgan fingerprint density at radius 3 is 2.48 bits per heavy atom. The Morgan fingerprint density at radius 2 is 1.87 bits per heavy atom. The highest BCUT2D eigenvalue weighted by atomic mass is 32.2. The summed E-state index contributed by atoms with van der Waals surface area (Å²) in [6.07, 6.45) is 1.39. The molecule has 0 bridgehead atoms. The highest BCUT2D eigenvalue weighted by molar-refractivity contribution is 7.92. The molecule has 2 aromatic rings. The van der Waals surface area contributed by atoms with Crippen molar-refractivity contribution in [1.82, 2.24) is 5.32 Å². The molecule has 1 aliphatic heterocycles. The van der Waals surface area contributed by atoms with Crippen LogP contribution in [0.4, 0.5) is 14.5 Å². The second-order valence-electron chi connectivity index (χ2n) is 8.50. The topological polar surface area (TPSA) is 75.7 Å². The molecule has 0 radical (unpaired) electrons. The first-order valence-electron chi connectivity index (χ1n) is 9.83. The van der Waals surface area contributed by atoms with E-state index in [2.05, 4.69) is 5.32 Å². The predicted octanol–water partition coefficient (Wildman–Crippen LogP) is 3.85. The number of carbonyl (C=O) groups is 1. The SMILES string of the molecule is Cc1ccc2c(c1)[C@@H](NC(=O)[C@H](C)N(c1ccc(F)c(F)c1)S(C)(=O)=O)CC(C)(C)O2. The van der Waals surface area contributed by atoms with E-state index in [1.165, 1.54) is 6.92 Å². The zero-order valence-corrected chi connectivity index (χ0v) is 18.9. The number of carbonyl (C=O) groups excluding carboxylic acids is 1. The average molecular weight is 453 g/mol. The second-order valence-corrected chi connectivity index (χ2v) is 10.4. The first-order chi connectivity index (χ1) is 14.3. The number of ether oxygens (including phenoxy) is 1. The summed E-state index contributed by atoms with van der Waals surface area (Å²) < 4.78 is 58.7. The largest absolute Gasteiger partial charge is 0.487 e. The smallest absolute Gasteiger partial charge is 0.244 e. The number of nitrogens with zero attached hydrogens (tertiary/aromatic N) is 1. The van der Waals surface area contributed by atoms with Crippen LogP contribution in [0.3, 0.4) is 0 Å². The highest BCUT2D eigenvalue weighted by Crippen LogP contribution is 2.40. The van der Waals surface area contributed by atoms with Crippen LogP contribution in [0.1, 0.15) is 44.4 Å². The second kappa shape index (κ2) is 8.11. The molecule has 168 valence electrons. The van der Waals surface area contributed by atoms with Crippen molar-refractivity contribution in [2.24, 2.45) is 0 Å². The van der Waals surface area contributed by atoms with Gasteiger partial charge in [-0.25, -0.2) is 17.2 Å². The molecule has 1 aliphatic rings. The van der Waals surface area contributed by atoms with Crippen molar-refractivity contribution >= 4 is 21.6 Å². The third-order valence-electron chi connectivity index (χ3n) is 5.19. The maximum atomic E-state index is 13.7. The Hall–Kier alpha value is -2.68. The van der Waals surface area contributed by atoms with Crippen molar-refractivity contribution in [3.05, 3.63) is 59.2 Å². The van der Waals surface area contributed by atoms with Gasteiger partial charge in [0.05, 0.1) is 18.0 Å². The Balaban J connectivity index is 1.92. The molecule has 1 amide bonds. The van der Waals surface area contributed by atoms with Crippen molar-refractivity contribution in [2.45, 2.75) is 51.8 Å². The van der Waals surface area contributed by atoms with Crippen LogP contribution in [0.2, 0.25) is 0 Å². The maximum Gasteiger partial charge on any atom is 0.244 e. The van der Waals surface area contributed by atoms with Crippen molar-refractivity contribution in [3.63, 3.8) is 0 Å². The molecule has 0 unspecified atom stereocenters. The molecule has 0 saturated heterocycles. The van der Waals surface area contributed by atoms with Gasteiger partial charge in [-0.15, -0.1) is 0 Å². The Morgan fingerprint density at radius 1 is 1.19 bits per heavy atom. The van der Waals surface area contributed by atoms with Crippen LogP contribution in [0.5, 0.6) is 5.75 Å². The fraction of sp³-hybridized carbons (Fsp3) is 0.409. The molecular weight excluding hydrogens is 426 g/mol. The summed E-state index contributed by atoms with van der Waals surface area (Å²) >= 11 is 0. The fourth-order valence-corrected chi connectivity index (χ4v) is 4.99. The van der Waals surface area contributed by atoms with Crippen molar-refractivity contribution in [2.75, 3.05) is 10.6 Å². The Kier molecular flexibility index (Phi) is 6.01. The van der Waals surface area contributed by atoms with Crippen LogP contribution in [-0.2, 0) is 14.8 Å². The van der Waals surface area contributed by atoms with Gasteiger partial charge in [0, 0.05) is 18.1 Å². The molecule has 2 aromatic carbocycles. The summed E-state index contributed by atoms with van der Waals surface area (Å²) in [6.45, 7) is 7.14. The van der Waals surface area contributed by atoms with Crippen LogP contribution < -0.4 is 14.4 Å². The molecule has 0 spiro atoms. The lowest BCUT2D eigenvalue weighted by molar-refractivity contribution is -0.123. The normalized spacial score (nSPS) is 18.5. The van der Waals surface area contributed by atoms with Crippen LogP contribution in [0, 0.1) is 18.6 Å². The van der Waals surface area contributed by atoms with Gasteiger partial charge >= 0.3 is 0 Å². The fourth-order valence-electron chi connectivity index (χ4n) is 3.83. The van der Waals surface area contributed by atoms with Gasteiger partial charge in [-0.1, -0.05) is 17.7 Å². The number of hydrogen-bond donors (Lipinski definition) is 1. The number of sulfonamides is 1. The van der Waals surface area contributed by atoms with Gasteiger partial charge in [-0.2, -0.15) is 0 Å². The van der Waals surface area contributed by atoms with Crippen molar-refractivity contribution in [3.8, 4) is 5.75 Å². The molecule has 2 atom stereocenters. The third-order valence-corrected chi connectivity index (χ3v) is 6.43. The molecule has 0 aliphatic carbocycles. The summed E-state index contributed by atoms with van der Waals surface area (Å²) in [7, 11) is -3.96. The first-order valence-corrected chi connectivity index (χ1v) is 11.7. The molecule has 0 fully saturated rings. The summed E-state index contributed by atoms with van der Waals surface area (Å²) in [5.41, 5.74) is 1.13. The van der Waals surface area contributed by atoms with Gasteiger partial charge in [0.2, 0.25) is 15.9 Å². The number of amides is 1. The van der Waals surface area contributed by atoms with E-state index in [4.69, 9.17) is 4.74 Å². The van der Waals surface area contributed by atoms with Crippen LogP contribution in [0.15, 0.2) is 36.4 Å². The number of hydrogen-bond acceptors (Lipinski definition) is 4. The van der Waals surface area contributed by atoms with Crippen LogP contribution >= 0.6 is 0 Å². The maximum absolute atomic E-state index is 13.7. The monoisotopic (exact) mass is 452 g/mol. The van der Waals surface area contributed by atoms with Gasteiger partial charge in [0.15, 0.2) is 11.6 Å². The molecule has 0 saturated carbocycles. The zero-order valence-electron chi connectivity index (χ0n) is 18.1. The minimum absolute atomic E-state index is 0.132. The zero-order chi connectivity index (χ0) is 23.1. The quantitative estimate of drug-likeness (QED) is 0.748. The molecule has 9 heteroatoms. The number of fused-ring (bicyclic) bond motifs is 1. The lowest BCUT2D eigenvalue weighted by Crippen LogP contribution is -2.50. The van der Waals surface area contributed by atoms with E-state index in [1.807, 2.05) is 39.0 Å². The average Bonchev–Trinajstić information content (AvgIpc) is 2.63. The van der Waals surface area contributed by atoms with E-state index < -0.39 is 45.2 Å². The van der Waals surface area contributed by atoms with Crippen molar-refractivity contribution in [1.29, 1.82) is 0 Å². The lowest BCUT2D eigenvalue weighted by atomic mass is 9.89. The highest BCUT2D eigenvalue weighted by Gasteiger charge is 2.37. The molecular formula is C22H26F2N2O4S. The lowest BCUT2D eigenvalue weighted by Gasteiger charge is -2.39. The summed E-state index contributed by atoms with van der Waals surface area (Å²) in [6, 6.07) is 6.79.